The number of likely N-dealkylation sites (tertiary alicyclic amines) is 1. The van der Waals surface area contributed by atoms with Crippen LogP contribution in [0.2, 0.25) is 0 Å². The van der Waals surface area contributed by atoms with Crippen molar-refractivity contribution < 1.29 is 0 Å². The predicted molar refractivity (Wildman–Crippen MR) is 82.7 cm³/mol. The lowest BCUT2D eigenvalue weighted by Crippen LogP contribution is -2.28. The smallest absolute Gasteiger partial charge is 0.0944 e. The minimum Gasteiger partial charge on any atom is -0.321 e. The fourth-order valence-electron chi connectivity index (χ4n) is 2.68. The average Bonchev–Trinajstić information content (AvgIpc) is 2.94. The van der Waals surface area contributed by atoms with Crippen LogP contribution in [0.25, 0.3) is 0 Å². The number of aromatic nitrogens is 1. The summed E-state index contributed by atoms with van der Waals surface area (Å²) >= 11 is 1.83. The van der Waals surface area contributed by atoms with Crippen LogP contribution in [0.5, 0.6) is 0 Å². The Labute approximate surface area is 121 Å². The maximum atomic E-state index is 6.28. The number of nitrogens with two attached hydrogens (primary N) is 1. The van der Waals surface area contributed by atoms with E-state index >= 15 is 0 Å². The number of nitrogens with zero attached hydrogens (tertiary/aromatic N) is 2. The first-order valence-corrected chi connectivity index (χ1v) is 8.32. The van der Waals surface area contributed by atoms with Gasteiger partial charge in [0.05, 0.1) is 10.7 Å². The second-order valence-electron chi connectivity index (χ2n) is 6.15. The van der Waals surface area contributed by atoms with Crippen molar-refractivity contribution in [2.75, 3.05) is 19.6 Å². The van der Waals surface area contributed by atoms with Crippen molar-refractivity contribution in [2.45, 2.75) is 58.4 Å². The molecule has 0 aliphatic carbocycles. The molecule has 0 amide bonds. The number of aryl methyl sites for hydroxylation is 1. The molecule has 4 heteroatoms. The van der Waals surface area contributed by atoms with Gasteiger partial charge < -0.3 is 10.6 Å². The van der Waals surface area contributed by atoms with Crippen LogP contribution in [-0.4, -0.2) is 29.5 Å². The topological polar surface area (TPSA) is 42.2 Å². The van der Waals surface area contributed by atoms with Crippen molar-refractivity contribution in [3.05, 3.63) is 15.6 Å². The summed E-state index contributed by atoms with van der Waals surface area (Å²) in [6.07, 6.45) is 5.99. The quantitative estimate of drug-likeness (QED) is 0.872. The molecule has 1 aliphatic rings. The Morgan fingerprint density at radius 2 is 1.95 bits per heavy atom. The molecule has 3 nitrogen and oxygen atoms in total. The van der Waals surface area contributed by atoms with Crippen molar-refractivity contribution >= 4 is 11.3 Å². The van der Waals surface area contributed by atoms with Gasteiger partial charge in [-0.25, -0.2) is 4.98 Å². The molecule has 0 saturated carbocycles. The van der Waals surface area contributed by atoms with Crippen molar-refractivity contribution in [1.29, 1.82) is 0 Å². The van der Waals surface area contributed by atoms with Gasteiger partial charge in [-0.3, -0.25) is 0 Å². The Kier molecular flexibility index (Phi) is 4.98. The lowest BCUT2D eigenvalue weighted by atomic mass is 10.0. The highest BCUT2D eigenvalue weighted by Crippen LogP contribution is 2.29. The lowest BCUT2D eigenvalue weighted by molar-refractivity contribution is 0.343. The summed E-state index contributed by atoms with van der Waals surface area (Å²) in [6.45, 7) is 10.1. The fourth-order valence-corrected chi connectivity index (χ4v) is 3.79. The Bertz CT molecular complexity index is 400. The fraction of sp³-hybridized carbons (Fsp3) is 0.800. The third-order valence-electron chi connectivity index (χ3n) is 3.65. The molecule has 2 N–H and O–H groups in total. The van der Waals surface area contributed by atoms with E-state index in [0.717, 1.165) is 25.8 Å². The molecule has 2 heterocycles. The van der Waals surface area contributed by atoms with Crippen LogP contribution in [0.15, 0.2) is 0 Å². The molecule has 108 valence electrons. The van der Waals surface area contributed by atoms with Crippen molar-refractivity contribution in [3.8, 4) is 0 Å². The third kappa shape index (κ3) is 4.01. The molecule has 0 bridgehead atoms. The van der Waals surface area contributed by atoms with E-state index in [1.165, 1.54) is 41.5 Å². The third-order valence-corrected chi connectivity index (χ3v) is 5.15. The first-order chi connectivity index (χ1) is 9.00. The largest absolute Gasteiger partial charge is 0.321 e. The van der Waals surface area contributed by atoms with Crippen LogP contribution < -0.4 is 5.73 Å². The molecular weight excluding hydrogens is 254 g/mol. The molecule has 1 aliphatic heterocycles. The molecule has 1 saturated heterocycles. The Morgan fingerprint density at radius 3 is 2.53 bits per heavy atom. The van der Waals surface area contributed by atoms with E-state index in [-0.39, 0.29) is 5.54 Å². The summed E-state index contributed by atoms with van der Waals surface area (Å²) < 4.78 is 0. The van der Waals surface area contributed by atoms with Crippen LogP contribution in [0.3, 0.4) is 0 Å². The van der Waals surface area contributed by atoms with Gasteiger partial charge in [-0.15, -0.1) is 11.3 Å². The number of rotatable bonds is 6. The molecule has 1 fully saturated rings. The van der Waals surface area contributed by atoms with Crippen LogP contribution in [0.4, 0.5) is 0 Å². The first-order valence-electron chi connectivity index (χ1n) is 7.51. The molecule has 19 heavy (non-hydrogen) atoms. The van der Waals surface area contributed by atoms with Gasteiger partial charge in [0, 0.05) is 23.4 Å². The Balaban J connectivity index is 2.04. The van der Waals surface area contributed by atoms with E-state index in [1.54, 1.807) is 0 Å². The maximum absolute atomic E-state index is 6.28. The average molecular weight is 281 g/mol. The molecule has 0 aromatic carbocycles. The zero-order valence-electron chi connectivity index (χ0n) is 12.5. The summed E-state index contributed by atoms with van der Waals surface area (Å²) in [5.41, 5.74) is 7.26. The van der Waals surface area contributed by atoms with Gasteiger partial charge in [0.15, 0.2) is 0 Å². The molecule has 0 unspecified atom stereocenters. The van der Waals surface area contributed by atoms with Crippen molar-refractivity contribution in [1.82, 2.24) is 9.88 Å². The maximum Gasteiger partial charge on any atom is 0.0944 e. The minimum atomic E-state index is -0.256. The van der Waals surface area contributed by atoms with Gasteiger partial charge in [-0.05, 0) is 46.2 Å². The van der Waals surface area contributed by atoms with Crippen LogP contribution in [0.1, 0.15) is 55.6 Å². The monoisotopic (exact) mass is 281 g/mol. The highest BCUT2D eigenvalue weighted by Gasteiger charge is 2.23. The molecule has 1 aromatic rings. The molecule has 0 radical (unpaired) electrons. The van der Waals surface area contributed by atoms with Gasteiger partial charge in [-0.2, -0.15) is 0 Å². The number of thiazole rings is 1. The first kappa shape index (κ1) is 14.9. The SMILES string of the molecule is CCCc1nc(CCN2CCCC2)sc1C(C)(C)N. The molecular formula is C15H27N3S. The van der Waals surface area contributed by atoms with Crippen LogP contribution in [-0.2, 0) is 18.4 Å². The van der Waals surface area contributed by atoms with Crippen LogP contribution in [0, 0.1) is 0 Å². The zero-order chi connectivity index (χ0) is 13.9. The van der Waals surface area contributed by atoms with E-state index in [1.807, 2.05) is 11.3 Å². The summed E-state index contributed by atoms with van der Waals surface area (Å²) in [5, 5.41) is 1.27. The normalized spacial score (nSPS) is 17.3. The predicted octanol–water partition coefficient (Wildman–Crippen LogP) is 2.93. The summed E-state index contributed by atoms with van der Waals surface area (Å²) in [7, 11) is 0. The minimum absolute atomic E-state index is 0.256. The van der Waals surface area contributed by atoms with Gasteiger partial charge in [0.1, 0.15) is 0 Å². The van der Waals surface area contributed by atoms with Gasteiger partial charge in [-0.1, -0.05) is 13.3 Å². The van der Waals surface area contributed by atoms with Gasteiger partial charge >= 0.3 is 0 Å². The van der Waals surface area contributed by atoms with Crippen molar-refractivity contribution in [2.24, 2.45) is 5.73 Å². The lowest BCUT2D eigenvalue weighted by Gasteiger charge is -2.17. The Hall–Kier alpha value is -0.450. The summed E-state index contributed by atoms with van der Waals surface area (Å²) in [6, 6.07) is 0. The highest BCUT2D eigenvalue weighted by molar-refractivity contribution is 7.11. The van der Waals surface area contributed by atoms with E-state index in [2.05, 4.69) is 25.7 Å². The van der Waals surface area contributed by atoms with E-state index in [9.17, 15) is 0 Å². The van der Waals surface area contributed by atoms with E-state index < -0.39 is 0 Å². The van der Waals surface area contributed by atoms with Crippen molar-refractivity contribution in [3.63, 3.8) is 0 Å². The Morgan fingerprint density at radius 1 is 1.26 bits per heavy atom. The molecule has 1 aromatic heterocycles. The molecule has 0 atom stereocenters. The highest BCUT2D eigenvalue weighted by atomic mass is 32.1. The second-order valence-corrected chi connectivity index (χ2v) is 7.24. The molecule has 0 spiro atoms. The molecule has 2 rings (SSSR count). The number of hydrogen-bond acceptors (Lipinski definition) is 4. The number of hydrogen-bond donors (Lipinski definition) is 1. The van der Waals surface area contributed by atoms with Gasteiger partial charge in [0.25, 0.3) is 0 Å². The summed E-state index contributed by atoms with van der Waals surface area (Å²) in [4.78, 5) is 8.67. The summed E-state index contributed by atoms with van der Waals surface area (Å²) in [5.74, 6) is 0. The van der Waals surface area contributed by atoms with Crippen LogP contribution >= 0.6 is 11.3 Å². The van der Waals surface area contributed by atoms with E-state index in [0.29, 0.717) is 0 Å². The van der Waals surface area contributed by atoms with E-state index in [4.69, 9.17) is 10.7 Å². The second kappa shape index (κ2) is 6.33. The van der Waals surface area contributed by atoms with Gasteiger partial charge in [0.2, 0.25) is 0 Å². The standard InChI is InChI=1S/C15H27N3S/c1-4-7-12-14(15(2,3)16)19-13(17-12)8-11-18-9-5-6-10-18/h4-11,16H2,1-3H3. The zero-order valence-corrected chi connectivity index (χ0v) is 13.4.